The molecule has 0 unspecified atom stereocenters. The van der Waals surface area contributed by atoms with Crippen LogP contribution in [0.2, 0.25) is 0 Å². The summed E-state index contributed by atoms with van der Waals surface area (Å²) in [4.78, 5) is 0. The zero-order valence-corrected chi connectivity index (χ0v) is 5.59. The van der Waals surface area contributed by atoms with E-state index in [9.17, 15) is 0 Å². The third kappa shape index (κ3) is 7.30. The van der Waals surface area contributed by atoms with Crippen LogP contribution in [0.15, 0.2) is 12.0 Å². The lowest BCUT2D eigenvalue weighted by molar-refractivity contribution is 0.288. The first kappa shape index (κ1) is 8.30. The van der Waals surface area contributed by atoms with Gasteiger partial charge in [0.15, 0.2) is 0 Å². The van der Waals surface area contributed by atoms with Crippen LogP contribution in [0.1, 0.15) is 13.3 Å². The summed E-state index contributed by atoms with van der Waals surface area (Å²) in [6, 6.07) is 0. The van der Waals surface area contributed by atoms with E-state index in [1.54, 1.807) is 6.92 Å². The fourth-order valence-corrected chi connectivity index (χ4v) is 0.401. The van der Waals surface area contributed by atoms with Crippen LogP contribution in [-0.4, -0.2) is 23.4 Å². The van der Waals surface area contributed by atoms with Crippen LogP contribution in [0, 0.1) is 0 Å². The summed E-state index contributed by atoms with van der Waals surface area (Å²) in [5.41, 5.74) is 0. The molecule has 0 aliphatic carbocycles. The predicted molar refractivity (Wildman–Crippen MR) is 36.1 cm³/mol. The minimum absolute atomic E-state index is 0.186. The van der Waals surface area contributed by atoms with Crippen molar-refractivity contribution in [2.24, 2.45) is 0 Å². The van der Waals surface area contributed by atoms with Crippen molar-refractivity contribution in [2.45, 2.75) is 13.3 Å². The molecule has 0 bridgehead atoms. The molecule has 0 saturated heterocycles. The van der Waals surface area contributed by atoms with E-state index in [1.807, 2.05) is 0 Å². The van der Waals surface area contributed by atoms with Gasteiger partial charge in [0.25, 0.3) is 0 Å². The van der Waals surface area contributed by atoms with Gasteiger partial charge in [-0.15, -0.1) is 0 Å². The van der Waals surface area contributed by atoms with E-state index in [4.69, 9.17) is 10.2 Å². The van der Waals surface area contributed by atoms with Gasteiger partial charge in [-0.25, -0.2) is 0 Å². The lowest BCUT2D eigenvalue weighted by Gasteiger charge is -1.96. The molecule has 3 N–H and O–H groups in total. The summed E-state index contributed by atoms with van der Waals surface area (Å²) in [7, 11) is 0. The molecule has 54 valence electrons. The molecule has 0 fully saturated rings. The van der Waals surface area contributed by atoms with Gasteiger partial charge in [0.2, 0.25) is 0 Å². The minimum Gasteiger partial charge on any atom is -0.511 e. The van der Waals surface area contributed by atoms with Gasteiger partial charge >= 0.3 is 0 Å². The zero-order chi connectivity index (χ0) is 7.11. The highest BCUT2D eigenvalue weighted by Crippen LogP contribution is 1.79. The minimum atomic E-state index is 0.186. The second-order valence-corrected chi connectivity index (χ2v) is 1.82. The summed E-state index contributed by atoms with van der Waals surface area (Å²) in [6.07, 6.45) is 2.22. The molecule has 0 saturated carbocycles. The molecule has 0 radical (unpaired) electrons. The number of aliphatic hydroxyl groups excluding tert-OH is 2. The SMILES string of the molecule is CC(O)=CNCCCO. The normalized spacial score (nSPS) is 11.6. The summed E-state index contributed by atoms with van der Waals surface area (Å²) in [5.74, 6) is 0.257. The molecule has 3 heteroatoms. The van der Waals surface area contributed by atoms with Crippen LogP contribution >= 0.6 is 0 Å². The number of nitrogens with one attached hydrogen (secondary N) is 1. The highest BCUT2D eigenvalue weighted by atomic mass is 16.3. The second-order valence-electron chi connectivity index (χ2n) is 1.82. The Bertz CT molecular complexity index is 87.1. The first-order chi connectivity index (χ1) is 4.27. The van der Waals surface area contributed by atoms with Crippen LogP contribution in [-0.2, 0) is 0 Å². The van der Waals surface area contributed by atoms with Crippen LogP contribution in [0.5, 0.6) is 0 Å². The summed E-state index contributed by atoms with van der Waals surface area (Å²) in [6.45, 7) is 2.48. The molecule has 0 aromatic heterocycles. The molecule has 0 aromatic rings. The monoisotopic (exact) mass is 131 g/mol. The largest absolute Gasteiger partial charge is 0.511 e. The quantitative estimate of drug-likeness (QED) is 0.382. The molecule has 0 heterocycles. The maximum absolute atomic E-state index is 8.59. The van der Waals surface area contributed by atoms with E-state index >= 15 is 0 Å². The Morgan fingerprint density at radius 3 is 2.78 bits per heavy atom. The number of hydrogen-bond acceptors (Lipinski definition) is 3. The molecule has 3 nitrogen and oxygen atoms in total. The zero-order valence-electron chi connectivity index (χ0n) is 5.59. The van der Waals surface area contributed by atoms with Crippen molar-refractivity contribution in [1.29, 1.82) is 0 Å². The van der Waals surface area contributed by atoms with Gasteiger partial charge in [0, 0.05) is 19.4 Å². The molecule has 9 heavy (non-hydrogen) atoms. The van der Waals surface area contributed by atoms with Gasteiger partial charge in [0.1, 0.15) is 5.76 Å². The summed E-state index contributed by atoms with van der Waals surface area (Å²) < 4.78 is 0. The Balaban J connectivity index is 3.00. The number of hydrogen-bond donors (Lipinski definition) is 3. The third-order valence-electron chi connectivity index (χ3n) is 0.790. The van der Waals surface area contributed by atoms with E-state index < -0.39 is 0 Å². The van der Waals surface area contributed by atoms with Crippen LogP contribution in [0.4, 0.5) is 0 Å². The topological polar surface area (TPSA) is 52.5 Å². The molecule has 0 spiro atoms. The Kier molecular flexibility index (Phi) is 5.01. The van der Waals surface area contributed by atoms with Crippen molar-refractivity contribution in [3.05, 3.63) is 12.0 Å². The standard InChI is InChI=1S/C6H13NO2/c1-6(9)5-7-3-2-4-8/h5,7-9H,2-4H2,1H3. The fraction of sp³-hybridized carbons (Fsp3) is 0.667. The molecular formula is C6H13NO2. The Hall–Kier alpha value is -0.700. The number of aliphatic hydroxyl groups is 2. The summed E-state index contributed by atoms with van der Waals surface area (Å²) >= 11 is 0. The van der Waals surface area contributed by atoms with Gasteiger partial charge in [-0.3, -0.25) is 0 Å². The van der Waals surface area contributed by atoms with Crippen molar-refractivity contribution in [1.82, 2.24) is 5.32 Å². The number of allylic oxidation sites excluding steroid dienone is 1. The van der Waals surface area contributed by atoms with Crippen LogP contribution in [0.3, 0.4) is 0 Å². The predicted octanol–water partition coefficient (Wildman–Crippen LogP) is 0.378. The Labute approximate surface area is 55.0 Å². The maximum Gasteiger partial charge on any atom is 0.105 e. The van der Waals surface area contributed by atoms with E-state index in [0.29, 0.717) is 13.0 Å². The van der Waals surface area contributed by atoms with Crippen LogP contribution < -0.4 is 5.32 Å². The molecule has 0 atom stereocenters. The molecular weight excluding hydrogens is 118 g/mol. The average molecular weight is 131 g/mol. The number of rotatable bonds is 4. The average Bonchev–Trinajstić information content (AvgIpc) is 1.80. The molecule has 0 rings (SSSR count). The lowest BCUT2D eigenvalue weighted by atomic mass is 10.4. The second kappa shape index (κ2) is 5.44. The van der Waals surface area contributed by atoms with Crippen molar-refractivity contribution in [2.75, 3.05) is 13.2 Å². The summed E-state index contributed by atoms with van der Waals surface area (Å²) in [5, 5.41) is 19.7. The van der Waals surface area contributed by atoms with Crippen LogP contribution in [0.25, 0.3) is 0 Å². The van der Waals surface area contributed by atoms with Gasteiger partial charge in [-0.1, -0.05) is 0 Å². The first-order valence-corrected chi connectivity index (χ1v) is 2.97. The third-order valence-corrected chi connectivity index (χ3v) is 0.790. The van der Waals surface area contributed by atoms with E-state index in [2.05, 4.69) is 5.32 Å². The highest BCUT2D eigenvalue weighted by Gasteiger charge is 1.80. The maximum atomic E-state index is 8.59. The van der Waals surface area contributed by atoms with Gasteiger partial charge in [-0.05, 0) is 13.3 Å². The van der Waals surface area contributed by atoms with Gasteiger partial charge in [0.05, 0.1) is 0 Å². The highest BCUT2D eigenvalue weighted by molar-refractivity contribution is 4.82. The van der Waals surface area contributed by atoms with E-state index in [-0.39, 0.29) is 12.4 Å². The van der Waals surface area contributed by atoms with E-state index in [0.717, 1.165) is 0 Å². The van der Waals surface area contributed by atoms with Crippen molar-refractivity contribution >= 4 is 0 Å². The van der Waals surface area contributed by atoms with Crippen molar-refractivity contribution < 1.29 is 10.2 Å². The smallest absolute Gasteiger partial charge is 0.105 e. The van der Waals surface area contributed by atoms with Gasteiger partial charge < -0.3 is 15.5 Å². The molecule has 0 aliphatic rings. The molecule has 0 aromatic carbocycles. The van der Waals surface area contributed by atoms with Crippen molar-refractivity contribution in [3.8, 4) is 0 Å². The van der Waals surface area contributed by atoms with Crippen molar-refractivity contribution in [3.63, 3.8) is 0 Å². The van der Waals surface area contributed by atoms with Gasteiger partial charge in [-0.2, -0.15) is 0 Å². The fourth-order valence-electron chi connectivity index (χ4n) is 0.401. The molecule has 0 amide bonds. The molecule has 0 aliphatic heterocycles. The first-order valence-electron chi connectivity index (χ1n) is 2.97. The van der Waals surface area contributed by atoms with E-state index in [1.165, 1.54) is 6.20 Å². The Morgan fingerprint density at radius 1 is 1.67 bits per heavy atom. The lowest BCUT2D eigenvalue weighted by Crippen LogP contribution is -2.08. The Morgan fingerprint density at radius 2 is 2.33 bits per heavy atom.